The fourth-order valence-corrected chi connectivity index (χ4v) is 4.39. The van der Waals surface area contributed by atoms with Gasteiger partial charge in [-0.15, -0.1) is 0 Å². The van der Waals surface area contributed by atoms with E-state index < -0.39 is 10.8 Å². The van der Waals surface area contributed by atoms with Crippen LogP contribution in [0.25, 0.3) is 11.0 Å². The molecule has 0 N–H and O–H groups in total. The second kappa shape index (κ2) is 5.33. The van der Waals surface area contributed by atoms with Crippen molar-refractivity contribution in [2.45, 2.75) is 23.6 Å². The first kappa shape index (κ1) is 13.8. The van der Waals surface area contributed by atoms with Gasteiger partial charge in [-0.3, -0.25) is 0 Å². The summed E-state index contributed by atoms with van der Waals surface area (Å²) in [5.41, 5.74) is 1.91. The molecular formula is C16H13IO2S. The lowest BCUT2D eigenvalue weighted by atomic mass is 10.2. The third kappa shape index (κ3) is 2.31. The molecule has 1 heterocycles. The third-order valence-corrected chi connectivity index (χ3v) is 5.40. The van der Waals surface area contributed by atoms with Gasteiger partial charge in [0.1, 0.15) is 11.3 Å². The lowest BCUT2D eigenvalue weighted by Crippen LogP contribution is -1.93. The standard InChI is InChI=1S/C16H13IO2S/c1-10-8-12(17)9-14-15(10)19-11(2)16(14)20(18)13-6-4-3-5-7-13/h3-9H,1-2H3. The largest absolute Gasteiger partial charge is 0.460 e. The Kier molecular flexibility index (Phi) is 3.69. The van der Waals surface area contributed by atoms with Crippen LogP contribution in [-0.4, -0.2) is 4.21 Å². The van der Waals surface area contributed by atoms with Crippen LogP contribution in [0.1, 0.15) is 11.3 Å². The Balaban J connectivity index is 2.26. The second-order valence-electron chi connectivity index (χ2n) is 4.67. The van der Waals surface area contributed by atoms with E-state index in [1.165, 1.54) is 0 Å². The van der Waals surface area contributed by atoms with Crippen LogP contribution >= 0.6 is 22.6 Å². The summed E-state index contributed by atoms with van der Waals surface area (Å²) in [4.78, 5) is 1.59. The van der Waals surface area contributed by atoms with Crippen LogP contribution in [0.3, 0.4) is 0 Å². The Labute approximate surface area is 133 Å². The highest BCUT2D eigenvalue weighted by Crippen LogP contribution is 2.34. The van der Waals surface area contributed by atoms with Crippen LogP contribution in [0.15, 0.2) is 56.7 Å². The molecule has 2 nitrogen and oxygen atoms in total. The first-order valence-electron chi connectivity index (χ1n) is 6.24. The summed E-state index contributed by atoms with van der Waals surface area (Å²) in [6.07, 6.45) is 0. The molecular weight excluding hydrogens is 383 g/mol. The zero-order valence-corrected chi connectivity index (χ0v) is 14.1. The molecule has 2 aromatic carbocycles. The molecule has 0 spiro atoms. The lowest BCUT2D eigenvalue weighted by Gasteiger charge is -2.02. The van der Waals surface area contributed by atoms with E-state index in [1.807, 2.05) is 50.2 Å². The third-order valence-electron chi connectivity index (χ3n) is 3.20. The highest BCUT2D eigenvalue weighted by Gasteiger charge is 2.19. The molecule has 1 aromatic heterocycles. The molecule has 20 heavy (non-hydrogen) atoms. The van der Waals surface area contributed by atoms with Crippen LogP contribution in [0.2, 0.25) is 0 Å². The van der Waals surface area contributed by atoms with E-state index in [0.29, 0.717) is 0 Å². The van der Waals surface area contributed by atoms with Crippen molar-refractivity contribution in [3.63, 3.8) is 0 Å². The molecule has 0 fully saturated rings. The predicted molar refractivity (Wildman–Crippen MR) is 89.5 cm³/mol. The van der Waals surface area contributed by atoms with Gasteiger partial charge in [-0.05, 0) is 66.3 Å². The van der Waals surface area contributed by atoms with E-state index in [4.69, 9.17) is 4.42 Å². The molecule has 0 aliphatic rings. The Morgan fingerprint density at radius 1 is 1.10 bits per heavy atom. The first-order chi connectivity index (χ1) is 9.58. The lowest BCUT2D eigenvalue weighted by molar-refractivity contribution is 0.564. The van der Waals surface area contributed by atoms with Crippen molar-refractivity contribution >= 4 is 44.4 Å². The maximum atomic E-state index is 12.8. The Morgan fingerprint density at radius 3 is 2.50 bits per heavy atom. The van der Waals surface area contributed by atoms with Gasteiger partial charge in [0.05, 0.1) is 15.7 Å². The van der Waals surface area contributed by atoms with E-state index in [0.717, 1.165) is 35.7 Å². The quantitative estimate of drug-likeness (QED) is 0.582. The molecule has 1 unspecified atom stereocenters. The van der Waals surface area contributed by atoms with Crippen molar-refractivity contribution in [1.82, 2.24) is 0 Å². The molecule has 0 aliphatic carbocycles. The topological polar surface area (TPSA) is 30.2 Å². The molecule has 0 amide bonds. The van der Waals surface area contributed by atoms with Crippen molar-refractivity contribution in [3.05, 3.63) is 57.4 Å². The van der Waals surface area contributed by atoms with E-state index in [2.05, 4.69) is 28.7 Å². The molecule has 0 saturated carbocycles. The molecule has 3 aromatic rings. The zero-order valence-electron chi connectivity index (χ0n) is 11.1. The highest BCUT2D eigenvalue weighted by atomic mass is 127. The zero-order chi connectivity index (χ0) is 14.3. The van der Waals surface area contributed by atoms with E-state index >= 15 is 0 Å². The van der Waals surface area contributed by atoms with Crippen molar-refractivity contribution in [2.24, 2.45) is 0 Å². The maximum Gasteiger partial charge on any atom is 0.138 e. The van der Waals surface area contributed by atoms with Crippen LogP contribution in [0.5, 0.6) is 0 Å². The fourth-order valence-electron chi connectivity index (χ4n) is 2.32. The van der Waals surface area contributed by atoms with Gasteiger partial charge >= 0.3 is 0 Å². The number of fused-ring (bicyclic) bond motifs is 1. The highest BCUT2D eigenvalue weighted by molar-refractivity contribution is 14.1. The maximum absolute atomic E-state index is 12.8. The summed E-state index contributed by atoms with van der Waals surface area (Å²) in [6, 6.07) is 13.6. The van der Waals surface area contributed by atoms with E-state index in [1.54, 1.807) is 0 Å². The smallest absolute Gasteiger partial charge is 0.138 e. The minimum Gasteiger partial charge on any atom is -0.460 e. The molecule has 102 valence electrons. The SMILES string of the molecule is Cc1oc2c(C)cc(I)cc2c1S(=O)c1ccccc1. The number of hydrogen-bond acceptors (Lipinski definition) is 2. The Bertz CT molecular complexity index is 806. The first-order valence-corrected chi connectivity index (χ1v) is 8.47. The van der Waals surface area contributed by atoms with Gasteiger partial charge in [-0.2, -0.15) is 0 Å². The van der Waals surface area contributed by atoms with Crippen LogP contribution in [0, 0.1) is 17.4 Å². The number of furan rings is 1. The Hall–Kier alpha value is -1.14. The van der Waals surface area contributed by atoms with Gasteiger partial charge in [-0.1, -0.05) is 18.2 Å². The number of benzene rings is 2. The monoisotopic (exact) mass is 396 g/mol. The number of halogens is 1. The van der Waals surface area contributed by atoms with Crippen LogP contribution < -0.4 is 0 Å². The summed E-state index contributed by atoms with van der Waals surface area (Å²) >= 11 is 2.28. The summed E-state index contributed by atoms with van der Waals surface area (Å²) in [5, 5.41) is 0.953. The number of hydrogen-bond donors (Lipinski definition) is 0. The number of rotatable bonds is 2. The molecule has 4 heteroatoms. The van der Waals surface area contributed by atoms with Gasteiger partial charge in [0, 0.05) is 13.9 Å². The van der Waals surface area contributed by atoms with Gasteiger partial charge < -0.3 is 4.42 Å². The molecule has 0 saturated heterocycles. The average molecular weight is 396 g/mol. The minimum atomic E-state index is -1.22. The normalized spacial score (nSPS) is 12.8. The summed E-state index contributed by atoms with van der Waals surface area (Å²) < 4.78 is 19.8. The second-order valence-corrected chi connectivity index (χ2v) is 7.33. The summed E-state index contributed by atoms with van der Waals surface area (Å²) in [7, 11) is -1.22. The van der Waals surface area contributed by atoms with Crippen molar-refractivity contribution in [3.8, 4) is 0 Å². The Morgan fingerprint density at radius 2 is 1.80 bits per heavy atom. The summed E-state index contributed by atoms with van der Waals surface area (Å²) in [6.45, 7) is 3.89. The van der Waals surface area contributed by atoms with Crippen molar-refractivity contribution < 1.29 is 8.63 Å². The molecule has 1 atom stereocenters. The average Bonchev–Trinajstić information content (AvgIpc) is 2.76. The van der Waals surface area contributed by atoms with E-state index in [9.17, 15) is 4.21 Å². The van der Waals surface area contributed by atoms with E-state index in [-0.39, 0.29) is 0 Å². The van der Waals surface area contributed by atoms with Crippen molar-refractivity contribution in [1.29, 1.82) is 0 Å². The van der Waals surface area contributed by atoms with Crippen LogP contribution in [-0.2, 0) is 10.8 Å². The molecule has 0 radical (unpaired) electrons. The van der Waals surface area contributed by atoms with Crippen molar-refractivity contribution in [2.75, 3.05) is 0 Å². The number of aryl methyl sites for hydroxylation is 2. The molecule has 3 rings (SSSR count). The minimum absolute atomic E-state index is 0.729. The predicted octanol–water partition coefficient (Wildman–Crippen LogP) is 4.82. The van der Waals surface area contributed by atoms with Gasteiger partial charge in [0.15, 0.2) is 0 Å². The van der Waals surface area contributed by atoms with Crippen LogP contribution in [0.4, 0.5) is 0 Å². The fraction of sp³-hybridized carbons (Fsp3) is 0.125. The van der Waals surface area contributed by atoms with Gasteiger partial charge in [0.2, 0.25) is 0 Å². The van der Waals surface area contributed by atoms with Gasteiger partial charge in [-0.25, -0.2) is 4.21 Å². The molecule has 0 aliphatic heterocycles. The summed E-state index contributed by atoms with van der Waals surface area (Å²) in [5.74, 6) is 0.729. The molecule has 0 bridgehead atoms. The van der Waals surface area contributed by atoms with Gasteiger partial charge in [0.25, 0.3) is 0 Å².